The predicted molar refractivity (Wildman–Crippen MR) is 82.2 cm³/mol. The first-order valence-electron chi connectivity index (χ1n) is 6.71. The molecule has 0 saturated carbocycles. The second kappa shape index (κ2) is 6.50. The topological polar surface area (TPSA) is 29.9 Å². The SMILES string of the molecule is CCCNC(c1ccc(F)cc1C)c1c(Br)cnn1C. The summed E-state index contributed by atoms with van der Waals surface area (Å²) in [5.41, 5.74) is 3.06. The molecule has 1 N–H and O–H groups in total. The van der Waals surface area contributed by atoms with E-state index in [-0.39, 0.29) is 11.9 Å². The van der Waals surface area contributed by atoms with Gasteiger partial charge in [-0.15, -0.1) is 0 Å². The Kier molecular flexibility index (Phi) is 4.94. The van der Waals surface area contributed by atoms with Gasteiger partial charge in [0, 0.05) is 7.05 Å². The van der Waals surface area contributed by atoms with Gasteiger partial charge < -0.3 is 5.32 Å². The molecule has 0 fully saturated rings. The Labute approximate surface area is 127 Å². The summed E-state index contributed by atoms with van der Waals surface area (Å²) >= 11 is 3.55. The van der Waals surface area contributed by atoms with E-state index in [2.05, 4.69) is 33.3 Å². The smallest absolute Gasteiger partial charge is 0.123 e. The minimum Gasteiger partial charge on any atom is -0.305 e. The molecule has 20 heavy (non-hydrogen) atoms. The van der Waals surface area contributed by atoms with Gasteiger partial charge in [0.1, 0.15) is 5.82 Å². The summed E-state index contributed by atoms with van der Waals surface area (Å²) < 4.78 is 16.1. The Bertz CT molecular complexity index is 575. The maximum atomic E-state index is 13.3. The van der Waals surface area contributed by atoms with Crippen molar-refractivity contribution in [2.75, 3.05) is 6.54 Å². The number of aromatic nitrogens is 2. The van der Waals surface area contributed by atoms with Crippen LogP contribution in [0.25, 0.3) is 0 Å². The molecule has 0 saturated heterocycles. The van der Waals surface area contributed by atoms with E-state index >= 15 is 0 Å². The zero-order valence-corrected chi connectivity index (χ0v) is 13.5. The summed E-state index contributed by atoms with van der Waals surface area (Å²) in [6, 6.07) is 4.92. The molecule has 0 radical (unpaired) electrons. The second-order valence-corrected chi connectivity index (χ2v) is 5.74. The molecule has 0 bridgehead atoms. The highest BCUT2D eigenvalue weighted by Crippen LogP contribution is 2.30. The van der Waals surface area contributed by atoms with Crippen molar-refractivity contribution < 1.29 is 4.39 Å². The lowest BCUT2D eigenvalue weighted by Gasteiger charge is -2.22. The van der Waals surface area contributed by atoms with Crippen molar-refractivity contribution in [2.45, 2.75) is 26.3 Å². The zero-order valence-electron chi connectivity index (χ0n) is 12.0. The summed E-state index contributed by atoms with van der Waals surface area (Å²) in [5, 5.41) is 7.79. The second-order valence-electron chi connectivity index (χ2n) is 4.89. The van der Waals surface area contributed by atoms with Crippen LogP contribution in [0.4, 0.5) is 4.39 Å². The summed E-state index contributed by atoms with van der Waals surface area (Å²) in [4.78, 5) is 0. The molecule has 108 valence electrons. The van der Waals surface area contributed by atoms with Crippen LogP contribution < -0.4 is 5.32 Å². The fourth-order valence-corrected chi connectivity index (χ4v) is 2.93. The molecule has 0 aliphatic carbocycles. The third-order valence-electron chi connectivity index (χ3n) is 3.35. The minimum absolute atomic E-state index is 0.00238. The molecule has 0 aliphatic heterocycles. The average molecular weight is 340 g/mol. The first kappa shape index (κ1) is 15.2. The Morgan fingerprint density at radius 1 is 1.45 bits per heavy atom. The fraction of sp³-hybridized carbons (Fsp3) is 0.400. The number of aryl methyl sites for hydroxylation is 2. The van der Waals surface area contributed by atoms with E-state index < -0.39 is 0 Å². The Morgan fingerprint density at radius 2 is 2.20 bits per heavy atom. The normalized spacial score (nSPS) is 12.7. The molecule has 0 aliphatic rings. The number of hydrogen-bond donors (Lipinski definition) is 1. The minimum atomic E-state index is -0.204. The quantitative estimate of drug-likeness (QED) is 0.899. The van der Waals surface area contributed by atoms with Crippen molar-refractivity contribution >= 4 is 15.9 Å². The van der Waals surface area contributed by atoms with E-state index in [0.717, 1.165) is 34.3 Å². The van der Waals surface area contributed by atoms with Crippen LogP contribution in [0, 0.1) is 12.7 Å². The molecular formula is C15H19BrFN3. The van der Waals surface area contributed by atoms with Crippen LogP contribution >= 0.6 is 15.9 Å². The first-order chi connectivity index (χ1) is 9.54. The van der Waals surface area contributed by atoms with Crippen molar-refractivity contribution in [2.24, 2.45) is 7.05 Å². The Morgan fingerprint density at radius 3 is 2.75 bits per heavy atom. The lowest BCUT2D eigenvalue weighted by atomic mass is 9.98. The molecule has 1 atom stereocenters. The average Bonchev–Trinajstić information content (AvgIpc) is 2.72. The molecule has 2 rings (SSSR count). The van der Waals surface area contributed by atoms with Crippen LogP contribution in [-0.4, -0.2) is 16.3 Å². The highest BCUT2D eigenvalue weighted by atomic mass is 79.9. The summed E-state index contributed by atoms with van der Waals surface area (Å²) in [6.07, 6.45) is 2.82. The standard InChI is InChI=1S/C15H19BrFN3/c1-4-7-18-14(15-13(16)9-19-20(15)3)12-6-5-11(17)8-10(12)2/h5-6,8-9,14,18H,4,7H2,1-3H3. The maximum Gasteiger partial charge on any atom is 0.123 e. The number of nitrogens with zero attached hydrogens (tertiary/aromatic N) is 2. The summed E-state index contributed by atoms with van der Waals surface area (Å²) in [5.74, 6) is -0.204. The van der Waals surface area contributed by atoms with Gasteiger partial charge in [-0.1, -0.05) is 13.0 Å². The number of benzene rings is 1. The van der Waals surface area contributed by atoms with Gasteiger partial charge in [0.05, 0.1) is 22.4 Å². The van der Waals surface area contributed by atoms with Crippen molar-refractivity contribution in [3.8, 4) is 0 Å². The van der Waals surface area contributed by atoms with Crippen molar-refractivity contribution in [1.82, 2.24) is 15.1 Å². The molecule has 3 nitrogen and oxygen atoms in total. The van der Waals surface area contributed by atoms with E-state index in [0.29, 0.717) is 0 Å². The van der Waals surface area contributed by atoms with Crippen molar-refractivity contribution in [1.29, 1.82) is 0 Å². The van der Waals surface area contributed by atoms with Crippen LogP contribution in [0.1, 0.15) is 36.2 Å². The van der Waals surface area contributed by atoms with E-state index in [1.54, 1.807) is 12.3 Å². The number of nitrogens with one attached hydrogen (secondary N) is 1. The zero-order chi connectivity index (χ0) is 14.7. The predicted octanol–water partition coefficient (Wildman–Crippen LogP) is 3.72. The van der Waals surface area contributed by atoms with Crippen LogP contribution in [0.2, 0.25) is 0 Å². The van der Waals surface area contributed by atoms with Gasteiger partial charge in [-0.2, -0.15) is 5.10 Å². The third-order valence-corrected chi connectivity index (χ3v) is 3.96. The van der Waals surface area contributed by atoms with Gasteiger partial charge in [-0.05, 0) is 59.1 Å². The van der Waals surface area contributed by atoms with E-state index in [9.17, 15) is 4.39 Å². The fourth-order valence-electron chi connectivity index (χ4n) is 2.35. The molecule has 1 unspecified atom stereocenters. The third kappa shape index (κ3) is 3.10. The highest BCUT2D eigenvalue weighted by molar-refractivity contribution is 9.10. The van der Waals surface area contributed by atoms with Gasteiger partial charge >= 0.3 is 0 Å². The molecule has 0 amide bonds. The van der Waals surface area contributed by atoms with Crippen molar-refractivity contribution in [3.63, 3.8) is 0 Å². The molecule has 5 heteroatoms. The Balaban J connectivity index is 2.47. The summed E-state index contributed by atoms with van der Waals surface area (Å²) in [6.45, 7) is 4.95. The van der Waals surface area contributed by atoms with Crippen LogP contribution in [0.15, 0.2) is 28.9 Å². The molecule has 2 aromatic rings. The van der Waals surface area contributed by atoms with E-state index in [4.69, 9.17) is 0 Å². The number of rotatable bonds is 5. The maximum absolute atomic E-state index is 13.3. The molecule has 0 spiro atoms. The lowest BCUT2D eigenvalue weighted by Crippen LogP contribution is -2.26. The number of hydrogen-bond acceptors (Lipinski definition) is 2. The van der Waals surface area contributed by atoms with Gasteiger partial charge in [0.2, 0.25) is 0 Å². The summed E-state index contributed by atoms with van der Waals surface area (Å²) in [7, 11) is 1.92. The molecule has 1 aromatic carbocycles. The largest absolute Gasteiger partial charge is 0.305 e. The van der Waals surface area contributed by atoms with Gasteiger partial charge in [0.15, 0.2) is 0 Å². The van der Waals surface area contributed by atoms with Gasteiger partial charge in [-0.25, -0.2) is 4.39 Å². The molecule has 1 aromatic heterocycles. The highest BCUT2D eigenvalue weighted by Gasteiger charge is 2.21. The molecule has 1 heterocycles. The van der Waals surface area contributed by atoms with Crippen LogP contribution in [0.3, 0.4) is 0 Å². The van der Waals surface area contributed by atoms with Crippen LogP contribution in [-0.2, 0) is 7.05 Å². The lowest BCUT2D eigenvalue weighted by molar-refractivity contribution is 0.548. The van der Waals surface area contributed by atoms with Crippen LogP contribution in [0.5, 0.6) is 0 Å². The first-order valence-corrected chi connectivity index (χ1v) is 7.50. The molecular weight excluding hydrogens is 321 g/mol. The van der Waals surface area contributed by atoms with E-state index in [1.165, 1.54) is 6.07 Å². The van der Waals surface area contributed by atoms with Gasteiger partial charge in [-0.3, -0.25) is 4.68 Å². The Hall–Kier alpha value is -1.20. The number of halogens is 2. The van der Waals surface area contributed by atoms with Crippen molar-refractivity contribution in [3.05, 3.63) is 51.5 Å². The van der Waals surface area contributed by atoms with E-state index in [1.807, 2.05) is 24.7 Å². The monoisotopic (exact) mass is 339 g/mol. The van der Waals surface area contributed by atoms with Gasteiger partial charge in [0.25, 0.3) is 0 Å².